The second-order valence-electron chi connectivity index (χ2n) is 28.9. The van der Waals surface area contributed by atoms with Crippen LogP contribution in [0.2, 0.25) is 0 Å². The largest absolute Gasteiger partial charge is 0.472 e. The van der Waals surface area contributed by atoms with E-state index in [1.165, 1.54) is 238 Å². The van der Waals surface area contributed by atoms with Crippen LogP contribution < -0.4 is 0 Å². The van der Waals surface area contributed by atoms with Gasteiger partial charge >= 0.3 is 39.5 Å². The average Bonchev–Trinajstić information content (AvgIpc) is 1.06. The predicted octanol–water partition coefficient (Wildman–Crippen LogP) is 23.6. The molecule has 582 valence electrons. The zero-order valence-corrected chi connectivity index (χ0v) is 65.7. The third-order valence-corrected chi connectivity index (χ3v) is 20.4. The number of carbonyl (C=O) groups excluding carboxylic acids is 4. The van der Waals surface area contributed by atoms with Crippen molar-refractivity contribution in [3.63, 3.8) is 0 Å². The molecule has 3 N–H and O–H groups in total. The van der Waals surface area contributed by atoms with Crippen LogP contribution in [0.5, 0.6) is 0 Å². The number of phosphoric ester groups is 2. The minimum Gasteiger partial charge on any atom is -0.462 e. The molecule has 0 aliphatic carbocycles. The van der Waals surface area contributed by atoms with E-state index in [1.54, 1.807) is 0 Å². The van der Waals surface area contributed by atoms with Gasteiger partial charge in [-0.15, -0.1) is 0 Å². The minimum atomic E-state index is -4.96. The third-order valence-electron chi connectivity index (χ3n) is 18.5. The first-order chi connectivity index (χ1) is 47.5. The molecule has 17 nitrogen and oxygen atoms in total. The van der Waals surface area contributed by atoms with E-state index >= 15 is 0 Å². The first-order valence-electron chi connectivity index (χ1n) is 41.1. The van der Waals surface area contributed by atoms with Crippen LogP contribution in [0.4, 0.5) is 0 Å². The molecule has 0 aliphatic rings. The molecule has 0 rings (SSSR count). The molecule has 0 aliphatic heterocycles. The monoisotopic (exact) mass is 1440 g/mol. The van der Waals surface area contributed by atoms with E-state index in [0.29, 0.717) is 25.7 Å². The summed E-state index contributed by atoms with van der Waals surface area (Å²) in [6, 6.07) is 0. The Morgan fingerprint density at radius 1 is 0.276 bits per heavy atom. The fourth-order valence-electron chi connectivity index (χ4n) is 12.2. The molecule has 0 aromatic rings. The lowest BCUT2D eigenvalue weighted by atomic mass is 10.0. The molecule has 0 aromatic heterocycles. The lowest BCUT2D eigenvalue weighted by Crippen LogP contribution is -2.30. The Morgan fingerprint density at radius 2 is 0.469 bits per heavy atom. The topological polar surface area (TPSA) is 237 Å². The van der Waals surface area contributed by atoms with Crippen molar-refractivity contribution in [1.82, 2.24) is 0 Å². The lowest BCUT2D eigenvalue weighted by Gasteiger charge is -2.21. The summed E-state index contributed by atoms with van der Waals surface area (Å²) in [6.45, 7) is 7.20. The summed E-state index contributed by atoms with van der Waals surface area (Å²) in [6.07, 6.45) is 63.1. The maximum atomic E-state index is 13.1. The van der Waals surface area contributed by atoms with E-state index in [4.69, 9.17) is 37.0 Å². The van der Waals surface area contributed by atoms with Crippen LogP contribution in [-0.4, -0.2) is 96.7 Å². The quantitative estimate of drug-likeness (QED) is 0.0222. The van der Waals surface area contributed by atoms with Gasteiger partial charge in [0.25, 0.3) is 0 Å². The smallest absolute Gasteiger partial charge is 0.462 e. The van der Waals surface area contributed by atoms with Crippen LogP contribution in [-0.2, 0) is 65.4 Å². The number of ether oxygens (including phenoxy) is 4. The van der Waals surface area contributed by atoms with Crippen molar-refractivity contribution in [2.75, 3.05) is 39.6 Å². The Balaban J connectivity index is 5.11. The fraction of sp³-hybridized carbons (Fsp3) is 0.949. The molecular formula is C79H154O17P2. The van der Waals surface area contributed by atoms with Crippen LogP contribution in [0.1, 0.15) is 420 Å². The zero-order chi connectivity index (χ0) is 71.9. The van der Waals surface area contributed by atoms with E-state index in [-0.39, 0.29) is 25.7 Å². The van der Waals surface area contributed by atoms with Gasteiger partial charge in [-0.2, -0.15) is 0 Å². The molecule has 0 radical (unpaired) electrons. The number of phosphoric acid groups is 2. The summed E-state index contributed by atoms with van der Waals surface area (Å²) in [5.41, 5.74) is 0. The molecular weight excluding hydrogens is 1280 g/mol. The average molecular weight is 1440 g/mol. The lowest BCUT2D eigenvalue weighted by molar-refractivity contribution is -0.161. The number of aliphatic hydroxyl groups excluding tert-OH is 1. The minimum absolute atomic E-state index is 0.105. The number of carbonyl (C=O) groups is 4. The van der Waals surface area contributed by atoms with E-state index in [0.717, 1.165) is 102 Å². The highest BCUT2D eigenvalue weighted by atomic mass is 31.2. The van der Waals surface area contributed by atoms with Crippen molar-refractivity contribution >= 4 is 39.5 Å². The van der Waals surface area contributed by atoms with Crippen LogP contribution in [0.15, 0.2) is 0 Å². The van der Waals surface area contributed by atoms with Crippen LogP contribution in [0.25, 0.3) is 0 Å². The van der Waals surface area contributed by atoms with Crippen LogP contribution >= 0.6 is 15.6 Å². The number of hydrogen-bond donors (Lipinski definition) is 3. The number of aliphatic hydroxyl groups is 1. The Hall–Kier alpha value is -1.94. The second-order valence-corrected chi connectivity index (χ2v) is 31.8. The molecule has 19 heteroatoms. The van der Waals surface area contributed by atoms with Gasteiger partial charge in [0.15, 0.2) is 12.2 Å². The van der Waals surface area contributed by atoms with E-state index in [1.807, 2.05) is 0 Å². The highest BCUT2D eigenvalue weighted by molar-refractivity contribution is 7.47. The summed E-state index contributed by atoms with van der Waals surface area (Å²) in [4.78, 5) is 72.6. The van der Waals surface area contributed by atoms with Gasteiger partial charge in [-0.3, -0.25) is 37.3 Å². The van der Waals surface area contributed by atoms with Crippen molar-refractivity contribution in [1.29, 1.82) is 0 Å². The zero-order valence-electron chi connectivity index (χ0n) is 63.9. The highest BCUT2D eigenvalue weighted by Crippen LogP contribution is 2.45. The molecule has 98 heavy (non-hydrogen) atoms. The number of esters is 4. The van der Waals surface area contributed by atoms with Gasteiger partial charge in [0.1, 0.15) is 19.3 Å². The number of hydrogen-bond acceptors (Lipinski definition) is 15. The van der Waals surface area contributed by atoms with E-state index < -0.39 is 97.5 Å². The van der Waals surface area contributed by atoms with Gasteiger partial charge < -0.3 is 33.8 Å². The number of unbranched alkanes of at least 4 members (excludes halogenated alkanes) is 51. The van der Waals surface area contributed by atoms with Crippen molar-refractivity contribution < 1.29 is 80.2 Å². The van der Waals surface area contributed by atoms with E-state index in [9.17, 15) is 43.2 Å². The molecule has 0 fully saturated rings. The molecule has 0 spiro atoms. The Kier molecular flexibility index (Phi) is 70.6. The molecule has 5 atom stereocenters. The highest BCUT2D eigenvalue weighted by Gasteiger charge is 2.30. The van der Waals surface area contributed by atoms with Crippen molar-refractivity contribution in [3.8, 4) is 0 Å². The Morgan fingerprint density at radius 3 is 0.694 bits per heavy atom. The Bertz CT molecular complexity index is 1870. The van der Waals surface area contributed by atoms with Crippen LogP contribution in [0.3, 0.4) is 0 Å². The summed E-state index contributed by atoms with van der Waals surface area (Å²) in [5.74, 6) is -1.37. The molecule has 0 amide bonds. The molecule has 2 unspecified atom stereocenters. The normalized spacial score (nSPS) is 13.9. The summed E-state index contributed by atoms with van der Waals surface area (Å²) in [7, 11) is -9.90. The predicted molar refractivity (Wildman–Crippen MR) is 400 cm³/mol. The van der Waals surface area contributed by atoms with Gasteiger partial charge in [-0.25, -0.2) is 9.13 Å². The molecule has 0 saturated heterocycles. The first-order valence-corrected chi connectivity index (χ1v) is 44.1. The van der Waals surface area contributed by atoms with Crippen molar-refractivity contribution in [2.45, 2.75) is 438 Å². The Labute approximate surface area is 600 Å². The van der Waals surface area contributed by atoms with Crippen molar-refractivity contribution in [2.24, 2.45) is 5.92 Å². The second kappa shape index (κ2) is 72.0. The third kappa shape index (κ3) is 72.4. The molecule has 0 aromatic carbocycles. The van der Waals surface area contributed by atoms with Gasteiger partial charge in [0.05, 0.1) is 26.4 Å². The summed E-state index contributed by atoms with van der Waals surface area (Å²) >= 11 is 0. The van der Waals surface area contributed by atoms with Crippen LogP contribution in [0, 0.1) is 5.92 Å². The summed E-state index contributed by atoms with van der Waals surface area (Å²) in [5, 5.41) is 10.6. The van der Waals surface area contributed by atoms with Crippen molar-refractivity contribution in [3.05, 3.63) is 0 Å². The fourth-order valence-corrected chi connectivity index (χ4v) is 13.8. The van der Waals surface area contributed by atoms with E-state index in [2.05, 4.69) is 34.6 Å². The van der Waals surface area contributed by atoms with Gasteiger partial charge in [-0.1, -0.05) is 369 Å². The summed E-state index contributed by atoms with van der Waals surface area (Å²) < 4.78 is 68.4. The first kappa shape index (κ1) is 96.1. The molecule has 0 heterocycles. The van der Waals surface area contributed by atoms with Gasteiger partial charge in [0, 0.05) is 25.7 Å². The van der Waals surface area contributed by atoms with Gasteiger partial charge in [0.2, 0.25) is 0 Å². The maximum absolute atomic E-state index is 13.1. The SMILES string of the molecule is CCCCCCCCCCCCCCCCCCCCCCCCC(=O)O[C@H](COC(=O)CCCCCCCCCCCCCCCCCCCC)COP(=O)(O)OC[C@@H](O)COP(=O)(O)OC[C@@H](COC(=O)CCCCCCC)OC(=O)CCCCCCCCCCCCC(C)C. The maximum Gasteiger partial charge on any atom is 0.472 e. The molecule has 0 saturated carbocycles. The standard InChI is InChI=1S/C79H154O17P2/c1-6-9-12-15-17-19-21-23-25-27-29-30-31-32-34-36-38-40-45-49-54-59-64-79(84)96-75(69-90-77(82)63-58-53-48-44-39-37-35-33-28-26-24-22-20-18-16-13-10-7-2)71-94-98(87,88)92-67-73(80)66-91-97(85,86)93-70-74(68-89-76(81)62-57-51-14-11-8-3)95-78(83)65-60-55-50-46-42-41-43-47-52-56-61-72(4)5/h72-75,80H,6-71H2,1-5H3,(H,85,86)(H,87,88)/t73-,74+,75+/m0/s1. The van der Waals surface area contributed by atoms with Gasteiger partial charge in [-0.05, 0) is 31.6 Å². The number of rotatable bonds is 79. The molecule has 0 bridgehead atoms.